The minimum absolute atomic E-state index is 0.160. The molecule has 0 bridgehead atoms. The molecule has 5 nitrogen and oxygen atoms in total. The Morgan fingerprint density at radius 3 is 2.74 bits per heavy atom. The molecule has 2 aromatic carbocycles. The molecule has 1 amide bonds. The average Bonchev–Trinajstić information content (AvgIpc) is 3.08. The highest BCUT2D eigenvalue weighted by Crippen LogP contribution is 2.19. The van der Waals surface area contributed by atoms with E-state index in [1.54, 1.807) is 0 Å². The zero-order valence-corrected chi connectivity index (χ0v) is 15.6. The van der Waals surface area contributed by atoms with Crippen LogP contribution >= 0.6 is 0 Å². The largest absolute Gasteiger partial charge is 0.467 e. The third-order valence-corrected chi connectivity index (χ3v) is 4.64. The second-order valence-electron chi connectivity index (χ2n) is 6.70. The lowest BCUT2D eigenvalue weighted by Crippen LogP contribution is -2.43. The number of aromatic nitrogens is 1. The van der Waals surface area contributed by atoms with Gasteiger partial charge in [-0.3, -0.25) is 4.79 Å². The van der Waals surface area contributed by atoms with E-state index in [9.17, 15) is 9.59 Å². The number of fused-ring (bicyclic) bond motifs is 1. The summed E-state index contributed by atoms with van der Waals surface area (Å²) in [6.45, 7) is 2.03. The van der Waals surface area contributed by atoms with Gasteiger partial charge < -0.3 is 15.0 Å². The molecule has 2 N–H and O–H groups in total. The molecule has 1 unspecified atom stereocenters. The van der Waals surface area contributed by atoms with Crippen LogP contribution in [0.5, 0.6) is 0 Å². The Morgan fingerprint density at radius 1 is 1.15 bits per heavy atom. The van der Waals surface area contributed by atoms with E-state index in [-0.39, 0.29) is 5.91 Å². The van der Waals surface area contributed by atoms with Gasteiger partial charge in [-0.15, -0.1) is 0 Å². The number of carbonyl (C=O) groups excluding carboxylic acids is 2. The van der Waals surface area contributed by atoms with Crippen LogP contribution in [0.1, 0.15) is 23.1 Å². The van der Waals surface area contributed by atoms with Gasteiger partial charge >= 0.3 is 5.97 Å². The number of hydrogen-bond donors (Lipinski definition) is 2. The van der Waals surface area contributed by atoms with Crippen molar-refractivity contribution in [3.05, 3.63) is 71.4 Å². The van der Waals surface area contributed by atoms with Gasteiger partial charge in [0, 0.05) is 29.9 Å². The van der Waals surface area contributed by atoms with Gasteiger partial charge in [-0.25, -0.2) is 4.79 Å². The lowest BCUT2D eigenvalue weighted by molar-refractivity contribution is -0.145. The number of ether oxygens (including phenoxy) is 1. The predicted octanol–water partition coefficient (Wildman–Crippen LogP) is 3.31. The van der Waals surface area contributed by atoms with Crippen molar-refractivity contribution < 1.29 is 14.3 Å². The van der Waals surface area contributed by atoms with E-state index < -0.39 is 12.0 Å². The monoisotopic (exact) mass is 364 g/mol. The van der Waals surface area contributed by atoms with Crippen molar-refractivity contribution in [1.82, 2.24) is 10.3 Å². The SMILES string of the molecule is COC(=O)C(Cc1c[nH]c2ccccc12)NC(=O)CCc1cccc(C)c1. The van der Waals surface area contributed by atoms with E-state index in [1.807, 2.05) is 55.6 Å². The van der Waals surface area contributed by atoms with Crippen LogP contribution in [0.25, 0.3) is 10.9 Å². The molecule has 1 aromatic heterocycles. The zero-order chi connectivity index (χ0) is 19.2. The molecule has 140 valence electrons. The number of amides is 1. The molecule has 0 saturated carbocycles. The van der Waals surface area contributed by atoms with E-state index in [0.29, 0.717) is 19.3 Å². The Kier molecular flexibility index (Phi) is 5.91. The molecule has 27 heavy (non-hydrogen) atoms. The molecule has 0 aliphatic heterocycles. The first-order chi connectivity index (χ1) is 13.1. The van der Waals surface area contributed by atoms with Crippen molar-refractivity contribution in [3.8, 4) is 0 Å². The standard InChI is InChI=1S/C22H24N2O3/c1-15-6-5-7-16(12-15)10-11-21(25)24-20(22(26)27-2)13-17-14-23-19-9-4-3-8-18(17)19/h3-9,12,14,20,23H,10-11,13H2,1-2H3,(H,24,25). The second-order valence-corrected chi connectivity index (χ2v) is 6.70. The Morgan fingerprint density at radius 2 is 1.96 bits per heavy atom. The van der Waals surface area contributed by atoms with Crippen LogP contribution in [0.4, 0.5) is 0 Å². The van der Waals surface area contributed by atoms with Crippen LogP contribution in [0.3, 0.4) is 0 Å². The highest BCUT2D eigenvalue weighted by Gasteiger charge is 2.23. The van der Waals surface area contributed by atoms with Crippen molar-refractivity contribution in [2.24, 2.45) is 0 Å². The Bertz CT molecular complexity index is 945. The minimum Gasteiger partial charge on any atom is -0.467 e. The van der Waals surface area contributed by atoms with Crippen molar-refractivity contribution in [3.63, 3.8) is 0 Å². The first-order valence-corrected chi connectivity index (χ1v) is 9.04. The molecule has 0 aliphatic rings. The number of benzene rings is 2. The van der Waals surface area contributed by atoms with E-state index in [4.69, 9.17) is 4.74 Å². The first-order valence-electron chi connectivity index (χ1n) is 9.04. The number of rotatable bonds is 7. The van der Waals surface area contributed by atoms with E-state index in [1.165, 1.54) is 12.7 Å². The molecule has 3 rings (SSSR count). The van der Waals surface area contributed by atoms with Gasteiger partial charge in [0.25, 0.3) is 0 Å². The number of methoxy groups -OCH3 is 1. The van der Waals surface area contributed by atoms with Gasteiger partial charge in [-0.05, 0) is 30.5 Å². The first kappa shape index (κ1) is 18.7. The quantitative estimate of drug-likeness (QED) is 0.632. The summed E-state index contributed by atoms with van der Waals surface area (Å²) in [5.41, 5.74) is 4.25. The predicted molar refractivity (Wildman–Crippen MR) is 105 cm³/mol. The van der Waals surface area contributed by atoms with Crippen LogP contribution in [-0.2, 0) is 27.2 Å². The molecule has 5 heteroatoms. The lowest BCUT2D eigenvalue weighted by Gasteiger charge is -2.16. The topological polar surface area (TPSA) is 71.2 Å². The summed E-state index contributed by atoms with van der Waals surface area (Å²) in [5, 5.41) is 3.87. The van der Waals surface area contributed by atoms with Gasteiger partial charge in [0.15, 0.2) is 0 Å². The van der Waals surface area contributed by atoms with Crippen LogP contribution in [-0.4, -0.2) is 30.0 Å². The van der Waals surface area contributed by atoms with Gasteiger partial charge in [0.05, 0.1) is 7.11 Å². The summed E-state index contributed by atoms with van der Waals surface area (Å²) in [5.74, 6) is -0.601. The molecule has 0 saturated heterocycles. The summed E-state index contributed by atoms with van der Waals surface area (Å²) in [6.07, 6.45) is 3.21. The second kappa shape index (κ2) is 8.54. The molecule has 1 atom stereocenters. The maximum atomic E-state index is 12.4. The molecule has 0 fully saturated rings. The third kappa shape index (κ3) is 4.76. The lowest BCUT2D eigenvalue weighted by atomic mass is 10.0. The molecule has 3 aromatic rings. The number of esters is 1. The molecule has 0 aliphatic carbocycles. The van der Waals surface area contributed by atoms with Crippen molar-refractivity contribution in [2.45, 2.75) is 32.2 Å². The normalized spacial score (nSPS) is 11.9. The summed E-state index contributed by atoms with van der Waals surface area (Å²) in [6, 6.07) is 15.2. The number of carbonyl (C=O) groups is 2. The van der Waals surface area contributed by atoms with Crippen LogP contribution < -0.4 is 5.32 Å². The zero-order valence-electron chi connectivity index (χ0n) is 15.6. The maximum Gasteiger partial charge on any atom is 0.328 e. The summed E-state index contributed by atoms with van der Waals surface area (Å²) in [4.78, 5) is 27.8. The fourth-order valence-electron chi connectivity index (χ4n) is 3.25. The van der Waals surface area contributed by atoms with Crippen LogP contribution in [0.15, 0.2) is 54.7 Å². The van der Waals surface area contributed by atoms with Crippen LogP contribution in [0.2, 0.25) is 0 Å². The van der Waals surface area contributed by atoms with Gasteiger partial charge in [-0.1, -0.05) is 48.0 Å². The van der Waals surface area contributed by atoms with Crippen molar-refractivity contribution in [2.75, 3.05) is 7.11 Å². The summed E-state index contributed by atoms with van der Waals surface area (Å²) < 4.78 is 4.89. The fourth-order valence-corrected chi connectivity index (χ4v) is 3.25. The number of nitrogens with one attached hydrogen (secondary N) is 2. The van der Waals surface area contributed by atoms with Gasteiger partial charge in [0.2, 0.25) is 5.91 Å². The fraction of sp³-hybridized carbons (Fsp3) is 0.273. The van der Waals surface area contributed by atoms with Gasteiger partial charge in [-0.2, -0.15) is 0 Å². The maximum absolute atomic E-state index is 12.4. The minimum atomic E-state index is -0.709. The smallest absolute Gasteiger partial charge is 0.328 e. The Hall–Kier alpha value is -3.08. The molecular formula is C22H24N2O3. The highest BCUT2D eigenvalue weighted by atomic mass is 16.5. The highest BCUT2D eigenvalue weighted by molar-refractivity contribution is 5.87. The molecular weight excluding hydrogens is 340 g/mol. The third-order valence-electron chi connectivity index (χ3n) is 4.64. The molecule has 1 heterocycles. The number of hydrogen-bond acceptors (Lipinski definition) is 3. The van der Waals surface area contributed by atoms with Crippen molar-refractivity contribution >= 4 is 22.8 Å². The van der Waals surface area contributed by atoms with E-state index in [2.05, 4.69) is 16.4 Å². The molecule has 0 spiro atoms. The summed E-state index contributed by atoms with van der Waals surface area (Å²) >= 11 is 0. The van der Waals surface area contributed by atoms with Crippen LogP contribution in [0, 0.1) is 6.92 Å². The Balaban J connectivity index is 1.66. The van der Waals surface area contributed by atoms with Gasteiger partial charge in [0.1, 0.15) is 6.04 Å². The number of aromatic amines is 1. The van der Waals surface area contributed by atoms with Crippen molar-refractivity contribution in [1.29, 1.82) is 0 Å². The Labute approximate surface area is 158 Å². The summed E-state index contributed by atoms with van der Waals surface area (Å²) in [7, 11) is 1.34. The van der Waals surface area contributed by atoms with E-state index >= 15 is 0 Å². The number of H-pyrrole nitrogens is 1. The number of para-hydroxylation sites is 1. The molecule has 0 radical (unpaired) electrons. The van der Waals surface area contributed by atoms with E-state index in [0.717, 1.165) is 22.0 Å². The number of aryl methyl sites for hydroxylation is 2. The average molecular weight is 364 g/mol.